The Kier molecular flexibility index (Phi) is 5.75. The van der Waals surface area contributed by atoms with Gasteiger partial charge in [0.2, 0.25) is 5.91 Å². The van der Waals surface area contributed by atoms with Crippen LogP contribution in [0.5, 0.6) is 0 Å². The third-order valence-electron chi connectivity index (χ3n) is 3.86. The number of fused-ring (bicyclic) bond motifs is 1. The first kappa shape index (κ1) is 17.8. The number of hydrogen-bond donors (Lipinski definition) is 1. The van der Waals surface area contributed by atoms with Gasteiger partial charge in [0.25, 0.3) is 5.56 Å². The number of carbonyl (C=O) groups is 1. The largest absolute Gasteiger partial charge is 0.382 e. The number of nitrogens with zero attached hydrogens (tertiary/aromatic N) is 4. The molecule has 0 spiro atoms. The molecule has 0 saturated carbocycles. The van der Waals surface area contributed by atoms with E-state index in [0.29, 0.717) is 30.8 Å². The average Bonchev–Trinajstić information content (AvgIpc) is 3.09. The number of carbonyl (C=O) groups excluding carboxylic acids is 1. The van der Waals surface area contributed by atoms with E-state index in [-0.39, 0.29) is 18.0 Å². The van der Waals surface area contributed by atoms with Crippen molar-refractivity contribution in [2.45, 2.75) is 19.9 Å². The zero-order valence-corrected chi connectivity index (χ0v) is 14.6. The van der Waals surface area contributed by atoms with E-state index in [4.69, 9.17) is 4.74 Å². The van der Waals surface area contributed by atoms with Gasteiger partial charge in [-0.05, 0) is 25.5 Å². The maximum Gasteiger partial charge on any atom is 0.264 e. The van der Waals surface area contributed by atoms with Crippen molar-refractivity contribution in [3.8, 4) is 5.69 Å². The number of nitrogens with one attached hydrogen (secondary N) is 1. The van der Waals surface area contributed by atoms with Gasteiger partial charge in [0.1, 0.15) is 18.3 Å². The van der Waals surface area contributed by atoms with Crippen LogP contribution in [-0.4, -0.2) is 45.0 Å². The SMILES string of the molecule is CCOCCCNC(=O)Cn1cnc2c(cnn2-c2ccccc2)c1=O. The molecule has 0 saturated heterocycles. The molecule has 0 bridgehead atoms. The molecule has 1 N–H and O–H groups in total. The van der Waals surface area contributed by atoms with Gasteiger partial charge >= 0.3 is 0 Å². The zero-order chi connectivity index (χ0) is 18.4. The number of hydrogen-bond acceptors (Lipinski definition) is 5. The van der Waals surface area contributed by atoms with Crippen LogP contribution in [0.3, 0.4) is 0 Å². The minimum atomic E-state index is -0.290. The Hall–Kier alpha value is -3.00. The average molecular weight is 355 g/mol. The molecule has 8 heteroatoms. The summed E-state index contributed by atoms with van der Waals surface area (Å²) < 4.78 is 8.11. The third-order valence-corrected chi connectivity index (χ3v) is 3.86. The highest BCUT2D eigenvalue weighted by Crippen LogP contribution is 2.12. The fourth-order valence-electron chi connectivity index (χ4n) is 2.58. The number of benzene rings is 1. The fourth-order valence-corrected chi connectivity index (χ4v) is 2.58. The van der Waals surface area contributed by atoms with Crippen LogP contribution in [-0.2, 0) is 16.1 Å². The summed E-state index contributed by atoms with van der Waals surface area (Å²) in [4.78, 5) is 28.9. The lowest BCUT2D eigenvalue weighted by atomic mass is 10.3. The van der Waals surface area contributed by atoms with Crippen LogP contribution in [0.4, 0.5) is 0 Å². The normalized spacial score (nSPS) is 11.0. The highest BCUT2D eigenvalue weighted by molar-refractivity contribution is 5.77. The van der Waals surface area contributed by atoms with Crippen molar-refractivity contribution < 1.29 is 9.53 Å². The molecule has 3 rings (SSSR count). The van der Waals surface area contributed by atoms with Crippen molar-refractivity contribution in [3.63, 3.8) is 0 Å². The van der Waals surface area contributed by atoms with E-state index in [1.54, 1.807) is 4.68 Å². The molecule has 2 heterocycles. The molecule has 0 aliphatic carbocycles. The van der Waals surface area contributed by atoms with Crippen molar-refractivity contribution in [1.29, 1.82) is 0 Å². The molecule has 2 aromatic heterocycles. The van der Waals surface area contributed by atoms with Crippen molar-refractivity contribution in [2.75, 3.05) is 19.8 Å². The summed E-state index contributed by atoms with van der Waals surface area (Å²) in [6.45, 7) is 3.62. The number of amides is 1. The molecule has 136 valence electrons. The molecule has 0 unspecified atom stereocenters. The molecule has 1 aromatic carbocycles. The van der Waals surface area contributed by atoms with Crippen molar-refractivity contribution in [3.05, 3.63) is 53.2 Å². The zero-order valence-electron chi connectivity index (χ0n) is 14.6. The Morgan fingerprint density at radius 3 is 2.85 bits per heavy atom. The summed E-state index contributed by atoms with van der Waals surface area (Å²) in [5.74, 6) is -0.236. The van der Waals surface area contributed by atoms with E-state index in [9.17, 15) is 9.59 Å². The van der Waals surface area contributed by atoms with Crippen molar-refractivity contribution >= 4 is 16.9 Å². The fraction of sp³-hybridized carbons (Fsp3) is 0.333. The molecule has 0 fully saturated rings. The van der Waals surface area contributed by atoms with Crippen LogP contribution in [0.1, 0.15) is 13.3 Å². The Morgan fingerprint density at radius 2 is 2.08 bits per heavy atom. The minimum absolute atomic E-state index is 0.0765. The summed E-state index contributed by atoms with van der Waals surface area (Å²) in [6.07, 6.45) is 3.59. The Bertz CT molecular complexity index is 933. The lowest BCUT2D eigenvalue weighted by Crippen LogP contribution is -2.33. The maximum absolute atomic E-state index is 12.6. The van der Waals surface area contributed by atoms with E-state index in [0.717, 1.165) is 12.1 Å². The molecule has 1 amide bonds. The molecule has 0 aliphatic rings. The lowest BCUT2D eigenvalue weighted by molar-refractivity contribution is -0.121. The molecule has 0 atom stereocenters. The van der Waals surface area contributed by atoms with Crippen LogP contribution in [0.2, 0.25) is 0 Å². The standard InChI is InChI=1S/C18H21N5O3/c1-2-26-10-6-9-19-16(24)12-22-13-20-17-15(18(22)25)11-21-23(17)14-7-4-3-5-8-14/h3-5,7-8,11,13H,2,6,9-10,12H2,1H3,(H,19,24). The molecule has 0 radical (unpaired) electrons. The highest BCUT2D eigenvalue weighted by atomic mass is 16.5. The second-order valence-electron chi connectivity index (χ2n) is 5.71. The molecule has 8 nitrogen and oxygen atoms in total. The summed E-state index contributed by atoms with van der Waals surface area (Å²) in [5, 5.41) is 7.40. The first-order chi connectivity index (χ1) is 12.7. The van der Waals surface area contributed by atoms with Crippen LogP contribution < -0.4 is 10.9 Å². The molecular weight excluding hydrogens is 334 g/mol. The quantitative estimate of drug-likeness (QED) is 0.612. The van der Waals surface area contributed by atoms with Crippen molar-refractivity contribution in [1.82, 2.24) is 24.6 Å². The van der Waals surface area contributed by atoms with E-state index in [2.05, 4.69) is 15.4 Å². The van der Waals surface area contributed by atoms with Gasteiger partial charge in [-0.2, -0.15) is 5.10 Å². The van der Waals surface area contributed by atoms with Gasteiger partial charge in [0.15, 0.2) is 5.65 Å². The number of aromatic nitrogens is 4. The minimum Gasteiger partial charge on any atom is -0.382 e. The first-order valence-corrected chi connectivity index (χ1v) is 8.53. The van der Waals surface area contributed by atoms with Crippen molar-refractivity contribution in [2.24, 2.45) is 0 Å². The van der Waals surface area contributed by atoms with E-state index in [1.165, 1.54) is 17.1 Å². The number of para-hydroxylation sites is 1. The molecular formula is C18H21N5O3. The summed E-state index contributed by atoms with van der Waals surface area (Å²) in [7, 11) is 0. The van der Waals surface area contributed by atoms with Gasteiger partial charge < -0.3 is 10.1 Å². The van der Waals surface area contributed by atoms with E-state index < -0.39 is 0 Å². The van der Waals surface area contributed by atoms with E-state index >= 15 is 0 Å². The van der Waals surface area contributed by atoms with Crippen LogP contribution in [0, 0.1) is 0 Å². The molecule has 0 aliphatic heterocycles. The maximum atomic E-state index is 12.6. The third kappa shape index (κ3) is 3.97. The Labute approximate surface area is 150 Å². The van der Waals surface area contributed by atoms with Gasteiger partial charge in [-0.15, -0.1) is 0 Å². The topological polar surface area (TPSA) is 91.0 Å². The molecule has 26 heavy (non-hydrogen) atoms. The number of ether oxygens (including phenoxy) is 1. The number of rotatable bonds is 8. The van der Waals surface area contributed by atoms with Gasteiger partial charge in [-0.1, -0.05) is 18.2 Å². The smallest absolute Gasteiger partial charge is 0.264 e. The predicted octanol–water partition coefficient (Wildman–Crippen LogP) is 1.12. The summed E-state index contributed by atoms with van der Waals surface area (Å²) >= 11 is 0. The second-order valence-corrected chi connectivity index (χ2v) is 5.71. The highest BCUT2D eigenvalue weighted by Gasteiger charge is 2.12. The Balaban J connectivity index is 1.72. The lowest BCUT2D eigenvalue weighted by Gasteiger charge is -2.08. The van der Waals surface area contributed by atoms with Gasteiger partial charge in [-0.25, -0.2) is 9.67 Å². The van der Waals surface area contributed by atoms with Crippen LogP contribution in [0.25, 0.3) is 16.7 Å². The predicted molar refractivity (Wildman–Crippen MR) is 97.2 cm³/mol. The van der Waals surface area contributed by atoms with Crippen LogP contribution >= 0.6 is 0 Å². The van der Waals surface area contributed by atoms with Gasteiger partial charge in [0, 0.05) is 19.8 Å². The van der Waals surface area contributed by atoms with E-state index in [1.807, 2.05) is 37.3 Å². The van der Waals surface area contributed by atoms with Gasteiger partial charge in [-0.3, -0.25) is 14.2 Å². The van der Waals surface area contributed by atoms with Crippen LogP contribution in [0.15, 0.2) is 47.7 Å². The first-order valence-electron chi connectivity index (χ1n) is 8.53. The monoisotopic (exact) mass is 355 g/mol. The van der Waals surface area contributed by atoms with Gasteiger partial charge in [0.05, 0.1) is 11.9 Å². The Morgan fingerprint density at radius 1 is 1.27 bits per heavy atom. The summed E-state index contributed by atoms with van der Waals surface area (Å²) in [5.41, 5.74) is 0.996. The summed E-state index contributed by atoms with van der Waals surface area (Å²) in [6, 6.07) is 9.45. The molecule has 3 aromatic rings. The second kappa shape index (κ2) is 8.39.